The van der Waals surface area contributed by atoms with Gasteiger partial charge in [0, 0.05) is 37.9 Å². The first-order chi connectivity index (χ1) is 16.9. The van der Waals surface area contributed by atoms with Crippen LogP contribution in [0.3, 0.4) is 0 Å². The van der Waals surface area contributed by atoms with Crippen LogP contribution in [-0.2, 0) is 6.18 Å². The molecule has 1 aliphatic heterocycles. The molecule has 202 valence electrons. The Morgan fingerprint density at radius 3 is 2.25 bits per heavy atom. The van der Waals surface area contributed by atoms with Crippen LogP contribution in [-0.4, -0.2) is 85.0 Å². The molecule has 1 aliphatic rings. The summed E-state index contributed by atoms with van der Waals surface area (Å²) in [6, 6.07) is 0.548. The highest BCUT2D eigenvalue weighted by atomic mass is 19.4. The van der Waals surface area contributed by atoms with Gasteiger partial charge in [-0.25, -0.2) is 4.98 Å². The summed E-state index contributed by atoms with van der Waals surface area (Å²) in [6.45, 7) is 7.15. The Hall–Kier alpha value is -2.17. The van der Waals surface area contributed by atoms with Gasteiger partial charge in [-0.2, -0.15) is 26.3 Å². The third-order valence-corrected chi connectivity index (χ3v) is 6.06. The van der Waals surface area contributed by atoms with E-state index in [1.54, 1.807) is 0 Å². The molecular weight excluding hydrogens is 488 g/mol. The number of rotatable bonds is 10. The number of hydrogen-bond donors (Lipinski definition) is 3. The molecule has 1 unspecified atom stereocenters. The largest absolute Gasteiger partial charge is 0.433 e. The number of halogens is 6. The molecule has 1 aromatic rings. The highest BCUT2D eigenvalue weighted by Gasteiger charge is 2.36. The fourth-order valence-corrected chi connectivity index (χ4v) is 3.98. The lowest BCUT2D eigenvalue weighted by Crippen LogP contribution is -2.47. The van der Waals surface area contributed by atoms with Gasteiger partial charge in [0.2, 0.25) is 0 Å². The number of aromatic nitrogens is 1. The van der Waals surface area contributed by atoms with Crippen molar-refractivity contribution < 1.29 is 31.4 Å². The molecule has 0 aliphatic carbocycles. The Morgan fingerprint density at radius 2 is 1.75 bits per heavy atom. The molecule has 1 fully saturated rings. The van der Waals surface area contributed by atoms with Crippen LogP contribution in [0.5, 0.6) is 0 Å². The summed E-state index contributed by atoms with van der Waals surface area (Å²) in [6.07, 6.45) is -3.66. The van der Waals surface area contributed by atoms with E-state index in [1.807, 2.05) is 5.92 Å². The lowest BCUT2D eigenvalue weighted by Gasteiger charge is -2.34. The summed E-state index contributed by atoms with van der Waals surface area (Å²) in [7, 11) is 0. The second-order valence-corrected chi connectivity index (χ2v) is 8.69. The number of nitrogens with two attached hydrogens (primary N) is 1. The summed E-state index contributed by atoms with van der Waals surface area (Å²) in [5, 5.41) is 12.3. The molecular formula is C24H33F6N5O. The van der Waals surface area contributed by atoms with Crippen LogP contribution < -0.4 is 21.6 Å². The van der Waals surface area contributed by atoms with Gasteiger partial charge in [-0.1, -0.05) is 5.92 Å². The number of piperazine rings is 1. The zero-order valence-corrected chi connectivity index (χ0v) is 20.2. The van der Waals surface area contributed by atoms with Gasteiger partial charge in [0.1, 0.15) is 5.69 Å². The minimum absolute atomic E-state index is 0.163. The molecule has 1 aromatic heterocycles. The molecule has 0 radical (unpaired) electrons. The summed E-state index contributed by atoms with van der Waals surface area (Å²) >= 11 is 0. The van der Waals surface area contributed by atoms with Crippen molar-refractivity contribution in [2.24, 2.45) is 5.73 Å². The molecule has 1 atom stereocenters. The first-order valence-corrected chi connectivity index (χ1v) is 11.7. The van der Waals surface area contributed by atoms with Crippen molar-refractivity contribution in [2.45, 2.75) is 38.2 Å². The quantitative estimate of drug-likeness (QED) is 0.244. The van der Waals surface area contributed by atoms with E-state index >= 15 is 0 Å². The van der Waals surface area contributed by atoms with E-state index in [2.05, 4.69) is 20.1 Å². The number of terminal acetylenes is 1. The lowest BCUT2D eigenvalue weighted by molar-refractivity contribution is -0.141. The van der Waals surface area contributed by atoms with Gasteiger partial charge in [-0.05, 0) is 63.7 Å². The number of alkyl halides is 6. The number of nitrogens with one attached hydrogen (secondary N) is 1. The molecule has 4 N–H and O–H groups in total. The highest BCUT2D eigenvalue weighted by molar-refractivity contribution is 5.52. The third-order valence-electron chi connectivity index (χ3n) is 6.06. The van der Waals surface area contributed by atoms with Gasteiger partial charge in [0.05, 0.1) is 17.0 Å². The van der Waals surface area contributed by atoms with Crippen LogP contribution in [0.15, 0.2) is 6.07 Å². The predicted molar refractivity (Wildman–Crippen MR) is 126 cm³/mol. The predicted octanol–water partition coefficient (Wildman–Crippen LogP) is 1.23. The smallest absolute Gasteiger partial charge is 0.387 e. The van der Waals surface area contributed by atoms with Gasteiger partial charge < -0.3 is 26.0 Å². The summed E-state index contributed by atoms with van der Waals surface area (Å²) in [5.74, 6) is 2.04. The Kier molecular flexibility index (Phi) is 11.2. The Balaban J connectivity index is 2.08. The summed E-state index contributed by atoms with van der Waals surface area (Å²) in [4.78, 5) is 7.86. The number of pyridine rings is 1. The first kappa shape index (κ1) is 30.1. The van der Waals surface area contributed by atoms with E-state index in [-0.39, 0.29) is 17.3 Å². The molecule has 1 saturated heterocycles. The van der Waals surface area contributed by atoms with E-state index in [4.69, 9.17) is 12.2 Å². The van der Waals surface area contributed by atoms with Crippen LogP contribution >= 0.6 is 0 Å². The minimum Gasteiger partial charge on any atom is -0.387 e. The molecule has 6 nitrogen and oxygen atoms in total. The Bertz CT molecular complexity index is 1010. The molecule has 0 amide bonds. The standard InChI is InChI=1S/C24H33F6N5O/c1-3-6-18-19(15-21(24(28,29)30)33-22(18)17(2)23(25,26)27)20(36)16-32-8-5-10-35-13-11-34(12-14-35)9-4-7-31/h1,6,15,20,32,36H,4-5,7-14,16,31H2,2H3. The van der Waals surface area contributed by atoms with Crippen molar-refractivity contribution in [2.75, 3.05) is 58.9 Å². The van der Waals surface area contributed by atoms with E-state index < -0.39 is 35.1 Å². The van der Waals surface area contributed by atoms with Crippen LogP contribution in [0.2, 0.25) is 0 Å². The monoisotopic (exact) mass is 521 g/mol. The molecule has 0 saturated carbocycles. The zero-order valence-electron chi connectivity index (χ0n) is 20.2. The van der Waals surface area contributed by atoms with Gasteiger partial charge in [0.15, 0.2) is 0 Å². The van der Waals surface area contributed by atoms with E-state index in [9.17, 15) is 31.4 Å². The number of hydrogen-bond acceptors (Lipinski definition) is 6. The third kappa shape index (κ3) is 8.74. The molecule has 2 heterocycles. The van der Waals surface area contributed by atoms with Crippen LogP contribution in [0, 0.1) is 12.3 Å². The SMILES string of the molecule is C#CC=c1c(C(O)CNCCCN2CCN(CCCN)CC2)cc(C(F)(F)F)nc1=C(C)C(F)(F)F. The van der Waals surface area contributed by atoms with Crippen molar-refractivity contribution in [1.29, 1.82) is 0 Å². The molecule has 0 aromatic carbocycles. The molecule has 0 bridgehead atoms. The summed E-state index contributed by atoms with van der Waals surface area (Å²) in [5.41, 5.74) is 2.31. The second-order valence-electron chi connectivity index (χ2n) is 8.69. The fraction of sp³-hybridized carbons (Fsp3) is 0.625. The molecule has 2 rings (SSSR count). The number of nitrogens with zero attached hydrogens (tertiary/aromatic N) is 3. The van der Waals surface area contributed by atoms with Crippen molar-refractivity contribution in [3.63, 3.8) is 0 Å². The average Bonchev–Trinajstić information content (AvgIpc) is 2.81. The number of aliphatic hydroxyl groups excluding tert-OH is 1. The second kappa shape index (κ2) is 13.4. The zero-order chi connectivity index (χ0) is 26.9. The van der Waals surface area contributed by atoms with Crippen molar-refractivity contribution in [3.8, 4) is 12.3 Å². The van der Waals surface area contributed by atoms with E-state index in [0.717, 1.165) is 58.2 Å². The summed E-state index contributed by atoms with van der Waals surface area (Å²) < 4.78 is 80.1. The topological polar surface area (TPSA) is 77.7 Å². The van der Waals surface area contributed by atoms with Gasteiger partial charge in [-0.15, -0.1) is 6.42 Å². The van der Waals surface area contributed by atoms with E-state index in [0.29, 0.717) is 26.1 Å². The average molecular weight is 522 g/mol. The maximum Gasteiger partial charge on any atom is 0.433 e. The fourth-order valence-electron chi connectivity index (χ4n) is 3.98. The molecule has 0 spiro atoms. The first-order valence-electron chi connectivity index (χ1n) is 11.7. The van der Waals surface area contributed by atoms with Crippen molar-refractivity contribution in [3.05, 3.63) is 27.9 Å². The van der Waals surface area contributed by atoms with Crippen molar-refractivity contribution in [1.82, 2.24) is 20.1 Å². The lowest BCUT2D eigenvalue weighted by atomic mass is 10.0. The highest BCUT2D eigenvalue weighted by Crippen LogP contribution is 2.29. The number of aliphatic hydroxyl groups is 1. The van der Waals surface area contributed by atoms with Gasteiger partial charge in [0.25, 0.3) is 0 Å². The normalized spacial score (nSPS) is 18.3. The van der Waals surface area contributed by atoms with Crippen LogP contribution in [0.25, 0.3) is 11.6 Å². The van der Waals surface area contributed by atoms with Gasteiger partial charge in [-0.3, -0.25) is 0 Å². The Morgan fingerprint density at radius 1 is 1.17 bits per heavy atom. The maximum absolute atomic E-state index is 13.4. The van der Waals surface area contributed by atoms with Gasteiger partial charge >= 0.3 is 12.4 Å². The minimum atomic E-state index is -5.01. The maximum atomic E-state index is 13.4. The Labute approximate surface area is 206 Å². The van der Waals surface area contributed by atoms with Crippen LogP contribution in [0.4, 0.5) is 26.3 Å². The molecule has 36 heavy (non-hydrogen) atoms. The molecule has 12 heteroatoms. The van der Waals surface area contributed by atoms with Crippen molar-refractivity contribution >= 4 is 11.6 Å². The van der Waals surface area contributed by atoms with E-state index in [1.165, 1.54) is 0 Å². The van der Waals surface area contributed by atoms with Crippen LogP contribution in [0.1, 0.15) is 37.1 Å².